The van der Waals surface area contributed by atoms with Crippen molar-refractivity contribution in [2.24, 2.45) is 0 Å². The molecule has 0 unspecified atom stereocenters. The second-order valence-corrected chi connectivity index (χ2v) is 5.42. The Morgan fingerprint density at radius 2 is 1.92 bits per heavy atom. The summed E-state index contributed by atoms with van der Waals surface area (Å²) in [5.41, 5.74) is 1.77. The van der Waals surface area contributed by atoms with E-state index in [0.29, 0.717) is 17.8 Å². The van der Waals surface area contributed by atoms with E-state index in [0.717, 1.165) is 5.56 Å². The molecule has 0 aliphatic heterocycles. The number of nitrogens with one attached hydrogen (secondary N) is 1. The molecule has 0 fully saturated rings. The van der Waals surface area contributed by atoms with Crippen molar-refractivity contribution in [3.8, 4) is 0 Å². The van der Waals surface area contributed by atoms with Gasteiger partial charge in [-0.05, 0) is 42.9 Å². The smallest absolute Gasteiger partial charge is 0.337 e. The number of benzene rings is 2. The van der Waals surface area contributed by atoms with Crippen molar-refractivity contribution in [2.75, 3.05) is 26.0 Å². The molecule has 1 amide bonds. The molecule has 0 atom stereocenters. The molecule has 2 rings (SSSR count). The second-order valence-electron chi connectivity index (χ2n) is 5.42. The lowest BCUT2D eigenvalue weighted by Gasteiger charge is -2.16. The standard InChI is InChI=1S/C18H19FN2O3/c1-21(11-13-5-3-6-14(9-13)18(23)24-2)12-17(22)20-16-8-4-7-15(19)10-16/h3-10H,11-12H2,1-2H3,(H,20,22). The Labute approximate surface area is 140 Å². The first-order valence-corrected chi connectivity index (χ1v) is 7.39. The van der Waals surface area contributed by atoms with Crippen molar-refractivity contribution >= 4 is 17.6 Å². The van der Waals surface area contributed by atoms with Gasteiger partial charge in [0.15, 0.2) is 0 Å². The Morgan fingerprint density at radius 3 is 2.62 bits per heavy atom. The van der Waals surface area contributed by atoms with E-state index >= 15 is 0 Å². The van der Waals surface area contributed by atoms with Crippen LogP contribution >= 0.6 is 0 Å². The monoisotopic (exact) mass is 330 g/mol. The van der Waals surface area contributed by atoms with Crippen LogP contribution in [-0.2, 0) is 16.1 Å². The Balaban J connectivity index is 1.92. The molecule has 0 aliphatic rings. The van der Waals surface area contributed by atoms with Crippen LogP contribution in [0.5, 0.6) is 0 Å². The fourth-order valence-electron chi connectivity index (χ4n) is 2.29. The summed E-state index contributed by atoms with van der Waals surface area (Å²) in [6.45, 7) is 0.625. The van der Waals surface area contributed by atoms with Crippen molar-refractivity contribution in [3.05, 3.63) is 65.5 Å². The number of esters is 1. The van der Waals surface area contributed by atoms with E-state index in [2.05, 4.69) is 10.1 Å². The van der Waals surface area contributed by atoms with Crippen molar-refractivity contribution in [1.82, 2.24) is 4.90 Å². The van der Waals surface area contributed by atoms with Gasteiger partial charge in [0.05, 0.1) is 19.2 Å². The molecule has 1 N–H and O–H groups in total. The molecule has 2 aromatic carbocycles. The van der Waals surface area contributed by atoms with Gasteiger partial charge in [-0.25, -0.2) is 9.18 Å². The maximum absolute atomic E-state index is 13.1. The van der Waals surface area contributed by atoms with Gasteiger partial charge < -0.3 is 10.1 Å². The first-order chi connectivity index (χ1) is 11.5. The number of carbonyl (C=O) groups excluding carboxylic acids is 2. The van der Waals surface area contributed by atoms with Crippen LogP contribution in [0.2, 0.25) is 0 Å². The summed E-state index contributed by atoms with van der Waals surface area (Å²) >= 11 is 0. The average Bonchev–Trinajstić information content (AvgIpc) is 2.54. The molecule has 0 bridgehead atoms. The van der Waals surface area contributed by atoms with Crippen LogP contribution in [0, 0.1) is 5.82 Å². The molecule has 6 heteroatoms. The first-order valence-electron chi connectivity index (χ1n) is 7.39. The Hall–Kier alpha value is -2.73. The number of methoxy groups -OCH3 is 1. The van der Waals surface area contributed by atoms with Crippen LogP contribution in [0.25, 0.3) is 0 Å². The molecule has 0 spiro atoms. The van der Waals surface area contributed by atoms with Crippen LogP contribution in [0.4, 0.5) is 10.1 Å². The molecule has 126 valence electrons. The summed E-state index contributed by atoms with van der Waals surface area (Å²) in [5, 5.41) is 2.64. The number of halogens is 1. The SMILES string of the molecule is COC(=O)c1cccc(CN(C)CC(=O)Nc2cccc(F)c2)c1. The number of hydrogen-bond acceptors (Lipinski definition) is 4. The highest BCUT2D eigenvalue weighted by Gasteiger charge is 2.10. The number of amides is 1. The number of carbonyl (C=O) groups is 2. The highest BCUT2D eigenvalue weighted by atomic mass is 19.1. The van der Waals surface area contributed by atoms with Gasteiger partial charge in [-0.2, -0.15) is 0 Å². The third kappa shape index (κ3) is 5.17. The molecular weight excluding hydrogens is 311 g/mol. The Kier molecular flexibility index (Phi) is 6.03. The maximum atomic E-state index is 13.1. The summed E-state index contributed by atoms with van der Waals surface area (Å²) in [6.07, 6.45) is 0. The number of anilines is 1. The predicted molar refractivity (Wildman–Crippen MR) is 89.1 cm³/mol. The molecule has 0 heterocycles. The quantitative estimate of drug-likeness (QED) is 0.828. The first kappa shape index (κ1) is 17.6. The zero-order valence-corrected chi connectivity index (χ0v) is 13.6. The highest BCUT2D eigenvalue weighted by molar-refractivity contribution is 5.92. The van der Waals surface area contributed by atoms with Crippen LogP contribution in [0.1, 0.15) is 15.9 Å². The van der Waals surface area contributed by atoms with E-state index in [4.69, 9.17) is 0 Å². The predicted octanol–water partition coefficient (Wildman–Crippen LogP) is 2.68. The fraction of sp³-hybridized carbons (Fsp3) is 0.222. The Morgan fingerprint density at radius 1 is 1.17 bits per heavy atom. The topological polar surface area (TPSA) is 58.6 Å². The lowest BCUT2D eigenvalue weighted by atomic mass is 10.1. The van der Waals surface area contributed by atoms with Gasteiger partial charge in [0.1, 0.15) is 5.82 Å². The van der Waals surface area contributed by atoms with Gasteiger partial charge in [-0.1, -0.05) is 18.2 Å². The third-order valence-corrected chi connectivity index (χ3v) is 3.32. The summed E-state index contributed by atoms with van der Waals surface area (Å²) in [4.78, 5) is 25.3. The molecule has 0 saturated heterocycles. The molecule has 0 radical (unpaired) electrons. The van der Waals surface area contributed by atoms with Gasteiger partial charge in [0.25, 0.3) is 0 Å². The maximum Gasteiger partial charge on any atom is 0.337 e. The number of rotatable bonds is 6. The van der Waals surface area contributed by atoms with Gasteiger partial charge in [0.2, 0.25) is 5.91 Å². The molecule has 0 aliphatic carbocycles. The van der Waals surface area contributed by atoms with Crippen molar-refractivity contribution in [2.45, 2.75) is 6.54 Å². The van der Waals surface area contributed by atoms with Crippen LogP contribution in [-0.4, -0.2) is 37.5 Å². The minimum atomic E-state index is -0.402. The summed E-state index contributed by atoms with van der Waals surface area (Å²) < 4.78 is 17.8. The molecule has 0 aromatic heterocycles. The average molecular weight is 330 g/mol. The number of likely N-dealkylation sites (N-methyl/N-ethyl adjacent to an activating group) is 1. The lowest BCUT2D eigenvalue weighted by molar-refractivity contribution is -0.117. The van der Waals surface area contributed by atoms with E-state index in [1.807, 2.05) is 6.07 Å². The van der Waals surface area contributed by atoms with Gasteiger partial charge in [0, 0.05) is 12.2 Å². The molecule has 2 aromatic rings. The normalized spacial score (nSPS) is 10.5. The molecule has 0 saturated carbocycles. The van der Waals surface area contributed by atoms with E-state index in [-0.39, 0.29) is 12.5 Å². The lowest BCUT2D eigenvalue weighted by Crippen LogP contribution is -2.29. The van der Waals surface area contributed by atoms with E-state index in [1.54, 1.807) is 36.2 Å². The summed E-state index contributed by atoms with van der Waals surface area (Å²) in [7, 11) is 3.12. The second kappa shape index (κ2) is 8.21. The van der Waals surface area contributed by atoms with Gasteiger partial charge in [-0.3, -0.25) is 9.69 Å². The zero-order valence-electron chi connectivity index (χ0n) is 13.6. The van der Waals surface area contributed by atoms with Crippen LogP contribution in [0.3, 0.4) is 0 Å². The van der Waals surface area contributed by atoms with Gasteiger partial charge >= 0.3 is 5.97 Å². The largest absolute Gasteiger partial charge is 0.465 e. The summed E-state index contributed by atoms with van der Waals surface area (Å²) in [6, 6.07) is 12.8. The van der Waals surface area contributed by atoms with Crippen LogP contribution in [0.15, 0.2) is 48.5 Å². The Bertz CT molecular complexity index is 734. The third-order valence-electron chi connectivity index (χ3n) is 3.32. The molecule has 5 nitrogen and oxygen atoms in total. The number of ether oxygens (including phenoxy) is 1. The number of nitrogens with zero attached hydrogens (tertiary/aromatic N) is 1. The van der Waals surface area contributed by atoms with Gasteiger partial charge in [-0.15, -0.1) is 0 Å². The number of hydrogen-bond donors (Lipinski definition) is 1. The highest BCUT2D eigenvalue weighted by Crippen LogP contribution is 2.11. The zero-order chi connectivity index (χ0) is 17.5. The minimum absolute atomic E-state index is 0.138. The molecule has 24 heavy (non-hydrogen) atoms. The van der Waals surface area contributed by atoms with E-state index in [9.17, 15) is 14.0 Å². The van der Waals surface area contributed by atoms with Crippen molar-refractivity contribution in [1.29, 1.82) is 0 Å². The van der Waals surface area contributed by atoms with Crippen molar-refractivity contribution < 1.29 is 18.7 Å². The van der Waals surface area contributed by atoms with E-state index in [1.165, 1.54) is 25.3 Å². The fourth-order valence-corrected chi connectivity index (χ4v) is 2.29. The minimum Gasteiger partial charge on any atom is -0.465 e. The van der Waals surface area contributed by atoms with Crippen molar-refractivity contribution in [3.63, 3.8) is 0 Å². The van der Waals surface area contributed by atoms with Crippen LogP contribution < -0.4 is 5.32 Å². The molecular formula is C18H19FN2O3. The summed E-state index contributed by atoms with van der Waals surface area (Å²) in [5.74, 6) is -1.05. The van der Waals surface area contributed by atoms with E-state index < -0.39 is 11.8 Å².